The molecule has 1 aromatic rings. The highest BCUT2D eigenvalue weighted by molar-refractivity contribution is 5.98. The summed E-state index contributed by atoms with van der Waals surface area (Å²) in [5.41, 5.74) is 7.76. The minimum absolute atomic E-state index is 0.572. The largest absolute Gasteiger partial charge is 0.383 e. The molecule has 0 unspecified atom stereocenters. The lowest BCUT2D eigenvalue weighted by Crippen LogP contribution is -2.15. The first-order valence-corrected chi connectivity index (χ1v) is 3.96. The Morgan fingerprint density at radius 2 is 2.42 bits per heavy atom. The lowest BCUT2D eigenvalue weighted by Gasteiger charge is -2.02. The van der Waals surface area contributed by atoms with Crippen molar-refractivity contribution in [3.05, 3.63) is 29.6 Å². The van der Waals surface area contributed by atoms with Gasteiger partial charge in [-0.15, -0.1) is 0 Å². The Balaban J connectivity index is 3.02. The number of nitrogens with two attached hydrogens (primary N) is 1. The van der Waals surface area contributed by atoms with Crippen LogP contribution in [0.3, 0.4) is 0 Å². The monoisotopic (exact) mass is 163 g/mol. The van der Waals surface area contributed by atoms with Crippen LogP contribution in [0.4, 0.5) is 0 Å². The van der Waals surface area contributed by atoms with Gasteiger partial charge >= 0.3 is 0 Å². The summed E-state index contributed by atoms with van der Waals surface area (Å²) in [6, 6.07) is 1.92. The van der Waals surface area contributed by atoms with Gasteiger partial charge in [-0.05, 0) is 25.5 Å². The zero-order valence-electron chi connectivity index (χ0n) is 7.41. The van der Waals surface area contributed by atoms with Crippen LogP contribution < -0.4 is 5.73 Å². The highest BCUT2D eigenvalue weighted by Gasteiger charge is 2.00. The third kappa shape index (κ3) is 1.81. The third-order valence-corrected chi connectivity index (χ3v) is 1.64. The van der Waals surface area contributed by atoms with Crippen molar-refractivity contribution >= 4 is 5.84 Å². The average molecular weight is 163 g/mol. The van der Waals surface area contributed by atoms with Gasteiger partial charge < -0.3 is 5.73 Å². The van der Waals surface area contributed by atoms with E-state index in [-0.39, 0.29) is 0 Å². The Kier molecular flexibility index (Phi) is 2.80. The molecule has 0 aliphatic carbocycles. The maximum Gasteiger partial charge on any atom is 0.127 e. The van der Waals surface area contributed by atoms with Crippen LogP contribution in [0.5, 0.6) is 0 Å². The number of aliphatic imine (C=N–C) groups is 1. The lowest BCUT2D eigenvalue weighted by atomic mass is 10.1. The Labute approximate surface area is 72.3 Å². The van der Waals surface area contributed by atoms with Crippen molar-refractivity contribution < 1.29 is 0 Å². The van der Waals surface area contributed by atoms with E-state index in [0.717, 1.165) is 11.1 Å². The predicted molar refractivity (Wildman–Crippen MR) is 50.2 cm³/mol. The Morgan fingerprint density at radius 3 is 3.00 bits per heavy atom. The maximum absolute atomic E-state index is 5.72. The van der Waals surface area contributed by atoms with Crippen molar-refractivity contribution in [2.75, 3.05) is 6.54 Å². The molecule has 1 heterocycles. The molecule has 0 saturated heterocycles. The van der Waals surface area contributed by atoms with E-state index >= 15 is 0 Å². The van der Waals surface area contributed by atoms with Crippen LogP contribution in [0.15, 0.2) is 23.5 Å². The molecule has 64 valence electrons. The molecule has 0 amide bonds. The van der Waals surface area contributed by atoms with Crippen LogP contribution in [0, 0.1) is 6.92 Å². The molecule has 0 spiro atoms. The molecule has 0 atom stereocenters. The second-order valence-electron chi connectivity index (χ2n) is 2.55. The first-order chi connectivity index (χ1) is 5.75. The normalized spacial score (nSPS) is 11.7. The fourth-order valence-corrected chi connectivity index (χ4v) is 0.988. The van der Waals surface area contributed by atoms with E-state index in [2.05, 4.69) is 9.98 Å². The predicted octanol–water partition coefficient (Wildman–Crippen LogP) is 1.12. The van der Waals surface area contributed by atoms with E-state index in [0.29, 0.717) is 12.4 Å². The summed E-state index contributed by atoms with van der Waals surface area (Å²) >= 11 is 0. The minimum atomic E-state index is 0.572. The summed E-state index contributed by atoms with van der Waals surface area (Å²) in [6.07, 6.45) is 3.49. The standard InChI is InChI=1S/C9H13N3/c1-3-12-9(10)8-6-11-5-4-7(8)2/h4-6H,3H2,1-2H3,(H2,10,12). The second kappa shape index (κ2) is 3.85. The number of hydrogen-bond donors (Lipinski definition) is 1. The van der Waals surface area contributed by atoms with Gasteiger partial charge in [-0.25, -0.2) is 0 Å². The van der Waals surface area contributed by atoms with Crippen LogP contribution in [0.1, 0.15) is 18.1 Å². The Hall–Kier alpha value is -1.38. The van der Waals surface area contributed by atoms with Crippen LogP contribution in [-0.2, 0) is 0 Å². The maximum atomic E-state index is 5.72. The molecule has 3 nitrogen and oxygen atoms in total. The molecular weight excluding hydrogens is 150 g/mol. The van der Waals surface area contributed by atoms with Gasteiger partial charge in [-0.2, -0.15) is 0 Å². The number of aryl methyl sites for hydroxylation is 1. The van der Waals surface area contributed by atoms with E-state index < -0.39 is 0 Å². The molecule has 12 heavy (non-hydrogen) atoms. The van der Waals surface area contributed by atoms with E-state index in [1.165, 1.54) is 0 Å². The third-order valence-electron chi connectivity index (χ3n) is 1.64. The van der Waals surface area contributed by atoms with Gasteiger partial charge in [0.15, 0.2) is 0 Å². The number of nitrogens with zero attached hydrogens (tertiary/aromatic N) is 2. The fraction of sp³-hybridized carbons (Fsp3) is 0.333. The van der Waals surface area contributed by atoms with E-state index in [1.54, 1.807) is 12.4 Å². The highest BCUT2D eigenvalue weighted by Crippen LogP contribution is 2.03. The van der Waals surface area contributed by atoms with Gasteiger partial charge in [0, 0.05) is 24.5 Å². The van der Waals surface area contributed by atoms with Gasteiger partial charge in [0.25, 0.3) is 0 Å². The van der Waals surface area contributed by atoms with Crippen molar-refractivity contribution in [2.24, 2.45) is 10.7 Å². The van der Waals surface area contributed by atoms with Crippen molar-refractivity contribution in [1.82, 2.24) is 4.98 Å². The van der Waals surface area contributed by atoms with Gasteiger partial charge in [0.2, 0.25) is 0 Å². The molecule has 3 heteroatoms. The van der Waals surface area contributed by atoms with E-state index in [1.807, 2.05) is 19.9 Å². The molecule has 0 saturated carbocycles. The molecule has 0 bridgehead atoms. The molecule has 0 aliphatic rings. The van der Waals surface area contributed by atoms with Crippen molar-refractivity contribution in [2.45, 2.75) is 13.8 Å². The zero-order chi connectivity index (χ0) is 8.97. The molecule has 0 radical (unpaired) electrons. The van der Waals surface area contributed by atoms with E-state index in [9.17, 15) is 0 Å². The lowest BCUT2D eigenvalue weighted by molar-refractivity contribution is 1.12. The first-order valence-electron chi connectivity index (χ1n) is 3.96. The molecule has 0 fully saturated rings. The molecule has 0 aromatic carbocycles. The molecule has 2 N–H and O–H groups in total. The summed E-state index contributed by atoms with van der Waals surface area (Å²) in [7, 11) is 0. The molecule has 0 aliphatic heterocycles. The van der Waals surface area contributed by atoms with Gasteiger partial charge in [-0.3, -0.25) is 9.98 Å². The summed E-state index contributed by atoms with van der Waals surface area (Å²) < 4.78 is 0. The fourth-order valence-electron chi connectivity index (χ4n) is 0.988. The zero-order valence-corrected chi connectivity index (χ0v) is 7.41. The molecule has 1 rings (SSSR count). The first kappa shape index (κ1) is 8.71. The van der Waals surface area contributed by atoms with Crippen molar-refractivity contribution in [3.63, 3.8) is 0 Å². The Bertz CT molecular complexity index is 292. The number of amidine groups is 1. The summed E-state index contributed by atoms with van der Waals surface area (Å²) in [5.74, 6) is 0.572. The molecule has 1 aromatic heterocycles. The molecular formula is C9H13N3. The van der Waals surface area contributed by atoms with Crippen LogP contribution >= 0.6 is 0 Å². The summed E-state index contributed by atoms with van der Waals surface area (Å²) in [5, 5.41) is 0. The van der Waals surface area contributed by atoms with Gasteiger partial charge in [0.05, 0.1) is 0 Å². The second-order valence-corrected chi connectivity index (χ2v) is 2.55. The van der Waals surface area contributed by atoms with Crippen molar-refractivity contribution in [3.8, 4) is 0 Å². The topological polar surface area (TPSA) is 51.3 Å². The minimum Gasteiger partial charge on any atom is -0.383 e. The smallest absolute Gasteiger partial charge is 0.127 e. The number of hydrogen-bond acceptors (Lipinski definition) is 2. The van der Waals surface area contributed by atoms with Crippen LogP contribution in [0.25, 0.3) is 0 Å². The van der Waals surface area contributed by atoms with Crippen LogP contribution in [-0.4, -0.2) is 17.4 Å². The van der Waals surface area contributed by atoms with Crippen molar-refractivity contribution in [1.29, 1.82) is 0 Å². The van der Waals surface area contributed by atoms with Gasteiger partial charge in [-0.1, -0.05) is 0 Å². The Morgan fingerprint density at radius 1 is 1.67 bits per heavy atom. The number of pyridine rings is 1. The number of rotatable bonds is 2. The quantitative estimate of drug-likeness (QED) is 0.524. The number of aromatic nitrogens is 1. The summed E-state index contributed by atoms with van der Waals surface area (Å²) in [6.45, 7) is 4.66. The summed E-state index contributed by atoms with van der Waals surface area (Å²) in [4.78, 5) is 8.10. The van der Waals surface area contributed by atoms with Gasteiger partial charge in [0.1, 0.15) is 5.84 Å². The van der Waals surface area contributed by atoms with Crippen LogP contribution in [0.2, 0.25) is 0 Å². The van der Waals surface area contributed by atoms with E-state index in [4.69, 9.17) is 5.73 Å². The highest BCUT2D eigenvalue weighted by atomic mass is 14.8. The average Bonchev–Trinajstić information content (AvgIpc) is 2.05. The SMILES string of the molecule is CCN=C(N)c1cnccc1C.